The molecule has 2 aliphatic rings. The molecule has 3 nitrogen and oxygen atoms in total. The fraction of sp³-hybridized carbons (Fsp3) is 0.588. The van der Waals surface area contributed by atoms with Gasteiger partial charge in [-0.15, -0.1) is 0 Å². The molecule has 2 fully saturated rings. The van der Waals surface area contributed by atoms with Crippen molar-refractivity contribution < 1.29 is 4.79 Å². The fourth-order valence-electron chi connectivity index (χ4n) is 3.43. The Bertz CT molecular complexity index is 434. The molecule has 0 aliphatic carbocycles. The third kappa shape index (κ3) is 2.88. The van der Waals surface area contributed by atoms with Crippen LogP contribution in [0.25, 0.3) is 0 Å². The van der Waals surface area contributed by atoms with Crippen molar-refractivity contribution in [2.45, 2.75) is 38.1 Å². The summed E-state index contributed by atoms with van der Waals surface area (Å²) in [5, 5.41) is 0. The summed E-state index contributed by atoms with van der Waals surface area (Å²) in [4.78, 5) is 17.4. The second-order valence-electron chi connectivity index (χ2n) is 5.94. The Balaban J connectivity index is 1.84. The van der Waals surface area contributed by atoms with Crippen LogP contribution in [0.15, 0.2) is 30.3 Å². The molecular formula is C17H24N2O. The average Bonchev–Trinajstić information content (AvgIpc) is 3.04. The molecule has 0 radical (unpaired) electrons. The number of rotatable bonds is 3. The third-order valence-corrected chi connectivity index (χ3v) is 4.52. The van der Waals surface area contributed by atoms with Crippen molar-refractivity contribution in [2.75, 3.05) is 26.2 Å². The Hall–Kier alpha value is -1.35. The molecule has 0 N–H and O–H groups in total. The largest absolute Gasteiger partial charge is 0.341 e. The van der Waals surface area contributed by atoms with Crippen molar-refractivity contribution in [3.05, 3.63) is 35.9 Å². The summed E-state index contributed by atoms with van der Waals surface area (Å²) >= 11 is 0. The first-order valence-electron chi connectivity index (χ1n) is 7.94. The zero-order chi connectivity index (χ0) is 13.8. The van der Waals surface area contributed by atoms with Crippen LogP contribution < -0.4 is 0 Å². The lowest BCUT2D eigenvalue weighted by molar-refractivity contribution is -0.136. The van der Waals surface area contributed by atoms with Gasteiger partial charge in [0.15, 0.2) is 0 Å². The van der Waals surface area contributed by atoms with Crippen LogP contribution in [0.4, 0.5) is 0 Å². The maximum absolute atomic E-state index is 12.9. The van der Waals surface area contributed by atoms with Crippen molar-refractivity contribution in [1.82, 2.24) is 9.80 Å². The maximum Gasteiger partial charge on any atom is 0.244 e. The lowest BCUT2D eigenvalue weighted by Crippen LogP contribution is -2.44. The average molecular weight is 272 g/mol. The standard InChI is InChI=1S/C17H24N2O/c20-17(19-13-7-8-14-19)16(15-9-3-1-4-10-15)18-11-5-2-6-12-18/h1,3-4,9-10,16H,2,5-8,11-14H2/t16-/m0/s1. The lowest BCUT2D eigenvalue weighted by Gasteiger charge is -2.36. The molecule has 0 saturated carbocycles. The second-order valence-corrected chi connectivity index (χ2v) is 5.94. The molecule has 0 unspecified atom stereocenters. The first kappa shape index (κ1) is 13.6. The van der Waals surface area contributed by atoms with Crippen LogP contribution >= 0.6 is 0 Å². The number of hydrogen-bond donors (Lipinski definition) is 0. The van der Waals surface area contributed by atoms with Crippen molar-refractivity contribution in [3.63, 3.8) is 0 Å². The summed E-state index contributed by atoms with van der Waals surface area (Å²) < 4.78 is 0. The van der Waals surface area contributed by atoms with E-state index in [4.69, 9.17) is 0 Å². The quantitative estimate of drug-likeness (QED) is 0.844. The molecule has 0 bridgehead atoms. The SMILES string of the molecule is O=C([C@H](c1ccccc1)N1CCCCC1)N1CCCC1. The Morgan fingerprint density at radius 3 is 2.10 bits per heavy atom. The molecule has 2 saturated heterocycles. The minimum atomic E-state index is -0.0606. The van der Waals surface area contributed by atoms with Gasteiger partial charge in [-0.05, 0) is 44.3 Å². The number of nitrogens with zero attached hydrogens (tertiary/aromatic N) is 2. The van der Waals surface area contributed by atoms with Gasteiger partial charge in [0.25, 0.3) is 0 Å². The number of benzene rings is 1. The predicted molar refractivity (Wildman–Crippen MR) is 80.4 cm³/mol. The van der Waals surface area contributed by atoms with Crippen LogP contribution in [0.5, 0.6) is 0 Å². The van der Waals surface area contributed by atoms with E-state index < -0.39 is 0 Å². The predicted octanol–water partition coefficient (Wildman–Crippen LogP) is 2.84. The molecule has 20 heavy (non-hydrogen) atoms. The van der Waals surface area contributed by atoms with E-state index in [9.17, 15) is 4.79 Å². The van der Waals surface area contributed by atoms with Gasteiger partial charge in [-0.1, -0.05) is 36.8 Å². The molecule has 2 aliphatic heterocycles. The highest BCUT2D eigenvalue weighted by Crippen LogP contribution is 2.27. The first-order chi connectivity index (χ1) is 9.86. The van der Waals surface area contributed by atoms with Crippen molar-refractivity contribution in [3.8, 4) is 0 Å². The summed E-state index contributed by atoms with van der Waals surface area (Å²) in [6.45, 7) is 3.99. The van der Waals surface area contributed by atoms with Crippen LogP contribution in [0.2, 0.25) is 0 Å². The highest BCUT2D eigenvalue weighted by atomic mass is 16.2. The number of likely N-dealkylation sites (tertiary alicyclic amines) is 2. The fourth-order valence-corrected chi connectivity index (χ4v) is 3.43. The Kier molecular flexibility index (Phi) is 4.36. The van der Waals surface area contributed by atoms with Crippen LogP contribution in [-0.2, 0) is 4.79 Å². The molecule has 1 aromatic carbocycles. The van der Waals surface area contributed by atoms with Crippen molar-refractivity contribution >= 4 is 5.91 Å². The van der Waals surface area contributed by atoms with Gasteiger partial charge in [-0.25, -0.2) is 0 Å². The van der Waals surface area contributed by atoms with E-state index in [1.807, 2.05) is 18.2 Å². The van der Waals surface area contributed by atoms with Crippen molar-refractivity contribution in [1.29, 1.82) is 0 Å². The molecular weight excluding hydrogens is 248 g/mol. The molecule has 1 amide bonds. The van der Waals surface area contributed by atoms with Gasteiger partial charge in [-0.2, -0.15) is 0 Å². The van der Waals surface area contributed by atoms with Gasteiger partial charge >= 0.3 is 0 Å². The zero-order valence-electron chi connectivity index (χ0n) is 12.1. The van der Waals surface area contributed by atoms with E-state index in [0.29, 0.717) is 5.91 Å². The van der Waals surface area contributed by atoms with Gasteiger partial charge in [0.2, 0.25) is 5.91 Å². The number of carbonyl (C=O) groups is 1. The van der Waals surface area contributed by atoms with Gasteiger partial charge < -0.3 is 4.90 Å². The van der Waals surface area contributed by atoms with E-state index in [1.54, 1.807) is 0 Å². The summed E-state index contributed by atoms with van der Waals surface area (Å²) in [5.41, 5.74) is 1.16. The lowest BCUT2D eigenvalue weighted by atomic mass is 10.0. The number of amides is 1. The molecule has 1 aromatic rings. The van der Waals surface area contributed by atoms with E-state index in [0.717, 1.165) is 44.6 Å². The van der Waals surface area contributed by atoms with E-state index in [1.165, 1.54) is 19.3 Å². The topological polar surface area (TPSA) is 23.6 Å². The third-order valence-electron chi connectivity index (χ3n) is 4.52. The molecule has 1 atom stereocenters. The molecule has 2 heterocycles. The van der Waals surface area contributed by atoms with Gasteiger partial charge in [-0.3, -0.25) is 9.69 Å². The number of piperidine rings is 1. The van der Waals surface area contributed by atoms with Crippen LogP contribution in [0, 0.1) is 0 Å². The number of hydrogen-bond acceptors (Lipinski definition) is 2. The maximum atomic E-state index is 12.9. The van der Waals surface area contributed by atoms with Crippen LogP contribution in [0.1, 0.15) is 43.7 Å². The summed E-state index contributed by atoms with van der Waals surface area (Å²) in [7, 11) is 0. The van der Waals surface area contributed by atoms with Crippen LogP contribution in [-0.4, -0.2) is 41.9 Å². The van der Waals surface area contributed by atoms with Gasteiger partial charge in [0, 0.05) is 13.1 Å². The summed E-state index contributed by atoms with van der Waals surface area (Å²) in [5.74, 6) is 0.315. The smallest absolute Gasteiger partial charge is 0.244 e. The Morgan fingerprint density at radius 2 is 1.45 bits per heavy atom. The molecule has 108 valence electrons. The normalized spacial score (nSPS) is 21.9. The first-order valence-corrected chi connectivity index (χ1v) is 7.94. The second kappa shape index (κ2) is 6.40. The van der Waals surface area contributed by atoms with E-state index in [-0.39, 0.29) is 6.04 Å². The monoisotopic (exact) mass is 272 g/mol. The molecule has 0 aromatic heterocycles. The van der Waals surface area contributed by atoms with E-state index >= 15 is 0 Å². The molecule has 0 spiro atoms. The zero-order valence-corrected chi connectivity index (χ0v) is 12.1. The molecule has 3 rings (SSSR count). The van der Waals surface area contributed by atoms with Crippen LogP contribution in [0.3, 0.4) is 0 Å². The highest BCUT2D eigenvalue weighted by molar-refractivity contribution is 5.83. The highest BCUT2D eigenvalue weighted by Gasteiger charge is 2.32. The minimum absolute atomic E-state index is 0.0606. The minimum Gasteiger partial charge on any atom is -0.341 e. The van der Waals surface area contributed by atoms with Crippen molar-refractivity contribution in [2.24, 2.45) is 0 Å². The Labute approximate surface area is 121 Å². The molecule has 3 heteroatoms. The summed E-state index contributed by atoms with van der Waals surface area (Å²) in [6.07, 6.45) is 6.06. The summed E-state index contributed by atoms with van der Waals surface area (Å²) in [6, 6.07) is 10.3. The number of carbonyl (C=O) groups excluding carboxylic acids is 1. The van der Waals surface area contributed by atoms with Gasteiger partial charge in [0.1, 0.15) is 6.04 Å². The van der Waals surface area contributed by atoms with E-state index in [2.05, 4.69) is 21.9 Å². The van der Waals surface area contributed by atoms with Gasteiger partial charge in [0.05, 0.1) is 0 Å². The Morgan fingerprint density at radius 1 is 0.850 bits per heavy atom.